The monoisotopic (exact) mass is 633 g/mol. The second kappa shape index (κ2) is 13.3. The maximum atomic E-state index is 15.1. The van der Waals surface area contributed by atoms with E-state index in [1.165, 1.54) is 4.90 Å². The number of rotatable bonds is 12. The van der Waals surface area contributed by atoms with Gasteiger partial charge in [-0.2, -0.15) is 0 Å². The smallest absolute Gasteiger partial charge is 0.253 e. The van der Waals surface area contributed by atoms with E-state index >= 15 is 4.79 Å². The molecule has 6 atom stereocenters. The lowest BCUT2D eigenvalue weighted by Crippen LogP contribution is -2.57. The number of aliphatic hydroxyl groups excluding tert-OH is 1. The van der Waals surface area contributed by atoms with Gasteiger partial charge < -0.3 is 24.5 Å². The summed E-state index contributed by atoms with van der Waals surface area (Å²) in [6.45, 7) is 12.2. The van der Waals surface area contributed by atoms with Gasteiger partial charge in [0, 0.05) is 25.3 Å². The Bertz CT molecular complexity index is 1640. The summed E-state index contributed by atoms with van der Waals surface area (Å²) in [7, 11) is 0. The van der Waals surface area contributed by atoms with Crippen LogP contribution in [0.4, 0.5) is 5.69 Å². The average Bonchev–Trinajstić information content (AvgIpc) is 3.72. The molecule has 2 unspecified atom stereocenters. The van der Waals surface area contributed by atoms with Gasteiger partial charge in [0.15, 0.2) is 0 Å². The highest BCUT2D eigenvalue weighted by Crippen LogP contribution is 2.60. The molecular formula is C39H43N3O5. The Morgan fingerprint density at radius 3 is 2.21 bits per heavy atom. The summed E-state index contributed by atoms with van der Waals surface area (Å²) in [4.78, 5) is 49.5. The van der Waals surface area contributed by atoms with Crippen LogP contribution in [0.3, 0.4) is 0 Å². The second-order valence-electron chi connectivity index (χ2n) is 12.9. The van der Waals surface area contributed by atoms with E-state index in [9.17, 15) is 14.7 Å². The molecule has 0 aliphatic carbocycles. The van der Waals surface area contributed by atoms with Crippen LogP contribution in [-0.4, -0.2) is 70.1 Å². The lowest BCUT2D eigenvalue weighted by atomic mass is 9.70. The number of carbonyl (C=O) groups is 3. The standard InChI is InChI=1S/C39H43N3O5/c1-5-22-40(24-28-16-9-7-10-17-28)36(44)32-31-20-21-39(47-31)33(32)37(45)42(30(25-43)29-18-11-8-12-19-29)35(39)38(46)41(23-6-2)34-26(3)14-13-15-27(34)4/h5-19,30-33,35,43H,1-2,20-25H2,3-4H3/t30-,31+,32-,33+,35?,39?/m1/s1. The zero-order chi connectivity index (χ0) is 33.3. The van der Waals surface area contributed by atoms with Gasteiger partial charge in [-0.05, 0) is 48.9 Å². The van der Waals surface area contributed by atoms with Crippen LogP contribution in [0.15, 0.2) is 104 Å². The van der Waals surface area contributed by atoms with E-state index in [4.69, 9.17) is 4.74 Å². The fraction of sp³-hybridized carbons (Fsp3) is 0.359. The lowest BCUT2D eigenvalue weighted by Gasteiger charge is -2.40. The maximum absolute atomic E-state index is 15.1. The number of likely N-dealkylation sites (tertiary alicyclic amines) is 1. The third-order valence-electron chi connectivity index (χ3n) is 10.1. The van der Waals surface area contributed by atoms with Crippen molar-refractivity contribution in [2.75, 3.05) is 24.6 Å². The molecule has 3 amide bonds. The molecule has 0 radical (unpaired) electrons. The van der Waals surface area contributed by atoms with Gasteiger partial charge in [-0.1, -0.05) is 91.0 Å². The number of aryl methyl sites for hydroxylation is 2. The van der Waals surface area contributed by atoms with Crippen LogP contribution in [-0.2, 0) is 25.7 Å². The van der Waals surface area contributed by atoms with Crippen molar-refractivity contribution in [3.05, 3.63) is 126 Å². The Labute approximate surface area is 276 Å². The van der Waals surface area contributed by atoms with Crippen LogP contribution in [0.1, 0.15) is 41.1 Å². The van der Waals surface area contributed by atoms with E-state index in [2.05, 4.69) is 13.2 Å². The van der Waals surface area contributed by atoms with Crippen LogP contribution < -0.4 is 4.90 Å². The zero-order valence-corrected chi connectivity index (χ0v) is 27.1. The Morgan fingerprint density at radius 2 is 1.60 bits per heavy atom. The number of amides is 3. The van der Waals surface area contributed by atoms with Crippen molar-refractivity contribution in [3.8, 4) is 0 Å². The number of ether oxygens (including phenoxy) is 1. The summed E-state index contributed by atoms with van der Waals surface area (Å²) in [5.74, 6) is -2.50. The van der Waals surface area contributed by atoms with E-state index in [1.54, 1.807) is 22.0 Å². The molecular weight excluding hydrogens is 590 g/mol. The van der Waals surface area contributed by atoms with E-state index in [0.29, 0.717) is 31.5 Å². The zero-order valence-electron chi connectivity index (χ0n) is 27.1. The van der Waals surface area contributed by atoms with E-state index in [0.717, 1.165) is 22.4 Å². The Kier molecular flexibility index (Phi) is 9.17. The highest BCUT2D eigenvalue weighted by Gasteiger charge is 2.75. The number of fused-ring (bicyclic) bond motifs is 1. The number of anilines is 1. The molecule has 6 rings (SSSR count). The summed E-state index contributed by atoms with van der Waals surface area (Å²) in [5, 5.41) is 10.9. The largest absolute Gasteiger partial charge is 0.394 e. The highest BCUT2D eigenvalue weighted by atomic mass is 16.5. The molecule has 3 aliphatic rings. The maximum Gasteiger partial charge on any atom is 0.253 e. The minimum Gasteiger partial charge on any atom is -0.394 e. The van der Waals surface area contributed by atoms with E-state index < -0.39 is 42.2 Å². The van der Waals surface area contributed by atoms with Crippen LogP contribution in [0, 0.1) is 25.7 Å². The second-order valence-corrected chi connectivity index (χ2v) is 12.9. The molecule has 8 heteroatoms. The summed E-state index contributed by atoms with van der Waals surface area (Å²) < 4.78 is 6.79. The minimum atomic E-state index is -1.23. The van der Waals surface area contributed by atoms with Gasteiger partial charge in [-0.25, -0.2) is 0 Å². The number of nitrogens with zero attached hydrogens (tertiary/aromatic N) is 3. The molecule has 47 heavy (non-hydrogen) atoms. The van der Waals surface area contributed by atoms with Gasteiger partial charge in [-0.15, -0.1) is 13.2 Å². The first-order valence-electron chi connectivity index (χ1n) is 16.3. The summed E-state index contributed by atoms with van der Waals surface area (Å²) in [5.41, 5.74) is 3.02. The van der Waals surface area contributed by atoms with Gasteiger partial charge >= 0.3 is 0 Å². The number of carbonyl (C=O) groups excluding carboxylic acids is 3. The number of benzene rings is 3. The van der Waals surface area contributed by atoms with Crippen LogP contribution >= 0.6 is 0 Å². The van der Waals surface area contributed by atoms with Gasteiger partial charge in [0.05, 0.1) is 30.6 Å². The molecule has 8 nitrogen and oxygen atoms in total. The minimum absolute atomic E-state index is 0.190. The Balaban J connectivity index is 1.46. The van der Waals surface area contributed by atoms with Crippen molar-refractivity contribution in [2.24, 2.45) is 11.8 Å². The predicted molar refractivity (Wildman–Crippen MR) is 181 cm³/mol. The van der Waals surface area contributed by atoms with E-state index in [-0.39, 0.29) is 24.3 Å². The molecule has 0 saturated carbocycles. The van der Waals surface area contributed by atoms with Crippen molar-refractivity contribution in [1.82, 2.24) is 9.80 Å². The molecule has 2 bridgehead atoms. The van der Waals surface area contributed by atoms with Crippen LogP contribution in [0.25, 0.3) is 0 Å². The SMILES string of the molecule is C=CCN(Cc1ccccc1)C(=O)[C@@H]1[C@@H]2CCC3(O2)C(C(=O)N(CC=C)c2c(C)cccc2C)N([C@H](CO)c2ccccc2)C(=O)[C@H]13. The molecule has 0 aromatic heterocycles. The molecule has 244 valence electrons. The van der Waals surface area contributed by atoms with Crippen molar-refractivity contribution < 1.29 is 24.2 Å². The molecule has 3 fully saturated rings. The first-order chi connectivity index (χ1) is 22.8. The molecule has 3 aliphatic heterocycles. The lowest BCUT2D eigenvalue weighted by molar-refractivity contribution is -0.147. The van der Waals surface area contributed by atoms with Crippen LogP contribution in [0.5, 0.6) is 0 Å². The number of aliphatic hydroxyl groups is 1. The number of hydrogen-bond acceptors (Lipinski definition) is 5. The van der Waals surface area contributed by atoms with Crippen molar-refractivity contribution in [3.63, 3.8) is 0 Å². The summed E-state index contributed by atoms with van der Waals surface area (Å²) >= 11 is 0. The Morgan fingerprint density at radius 1 is 0.957 bits per heavy atom. The molecule has 3 saturated heterocycles. The third kappa shape index (κ3) is 5.49. The fourth-order valence-electron chi connectivity index (χ4n) is 8.22. The van der Waals surface area contributed by atoms with Gasteiger partial charge in [0.25, 0.3) is 5.91 Å². The normalized spacial score (nSPS) is 24.9. The van der Waals surface area contributed by atoms with Gasteiger partial charge in [0.2, 0.25) is 11.8 Å². The molecule has 3 heterocycles. The first-order valence-corrected chi connectivity index (χ1v) is 16.3. The van der Waals surface area contributed by atoms with Crippen LogP contribution in [0.2, 0.25) is 0 Å². The number of hydrogen-bond donors (Lipinski definition) is 1. The van der Waals surface area contributed by atoms with Crippen molar-refractivity contribution in [1.29, 1.82) is 0 Å². The van der Waals surface area contributed by atoms with Crippen molar-refractivity contribution in [2.45, 2.75) is 57.0 Å². The summed E-state index contributed by atoms with van der Waals surface area (Å²) in [6, 6.07) is 23.0. The quantitative estimate of drug-likeness (QED) is 0.279. The molecule has 3 aromatic rings. The topological polar surface area (TPSA) is 90.4 Å². The number of para-hydroxylation sites is 1. The van der Waals surface area contributed by atoms with Crippen molar-refractivity contribution >= 4 is 23.4 Å². The molecule has 3 aromatic carbocycles. The molecule has 1 spiro atoms. The predicted octanol–water partition coefficient (Wildman–Crippen LogP) is 5.15. The van der Waals surface area contributed by atoms with Gasteiger partial charge in [-0.3, -0.25) is 14.4 Å². The fourth-order valence-corrected chi connectivity index (χ4v) is 8.22. The molecule has 1 N–H and O–H groups in total. The van der Waals surface area contributed by atoms with Gasteiger partial charge in [0.1, 0.15) is 11.6 Å². The average molecular weight is 634 g/mol. The highest BCUT2D eigenvalue weighted by molar-refractivity contribution is 6.05. The summed E-state index contributed by atoms with van der Waals surface area (Å²) in [6.07, 6.45) is 3.86. The van der Waals surface area contributed by atoms with E-state index in [1.807, 2.05) is 92.7 Å². The third-order valence-corrected chi connectivity index (χ3v) is 10.1. The Hall–Kier alpha value is -4.53. The first kappa shape index (κ1) is 32.4.